The summed E-state index contributed by atoms with van der Waals surface area (Å²) in [6.07, 6.45) is 2.77. The van der Waals surface area contributed by atoms with Crippen molar-refractivity contribution in [3.8, 4) is 5.75 Å². The number of hydrogen-bond donors (Lipinski definition) is 1. The number of hydrogen-bond acceptors (Lipinski definition) is 7. The van der Waals surface area contributed by atoms with Crippen molar-refractivity contribution in [2.45, 2.75) is 13.0 Å². The molecule has 2 N–H and O–H groups in total. The van der Waals surface area contributed by atoms with Gasteiger partial charge in [-0.15, -0.1) is 5.10 Å². The molecule has 0 amide bonds. The summed E-state index contributed by atoms with van der Waals surface area (Å²) in [6.45, 7) is 1.45. The summed E-state index contributed by atoms with van der Waals surface area (Å²) in [5, 5.41) is 5.42. The third-order valence-corrected chi connectivity index (χ3v) is 5.18. The maximum Gasteiger partial charge on any atom is 0.223 e. The lowest BCUT2D eigenvalue weighted by Gasteiger charge is -2.15. The largest absolute Gasteiger partial charge is 0.494 e. The number of rotatable bonds is 3. The van der Waals surface area contributed by atoms with Crippen LogP contribution < -0.4 is 15.4 Å². The summed E-state index contributed by atoms with van der Waals surface area (Å²) in [4.78, 5) is 15.9. The van der Waals surface area contributed by atoms with Gasteiger partial charge >= 0.3 is 0 Å². The van der Waals surface area contributed by atoms with Crippen molar-refractivity contribution in [3.63, 3.8) is 0 Å². The normalized spacial score (nSPS) is 13.5. The predicted molar refractivity (Wildman–Crippen MR) is 106 cm³/mol. The molecule has 9 heteroatoms. The highest BCUT2D eigenvalue weighted by Crippen LogP contribution is 2.30. The standard InChI is InChI=1S/C18H16BrN7O/c1-27-13-4-2-3-12-15(13)23-18(20)26-17(12)22-14(24-26)9-25-6-5-10-7-11(19)8-21-16(10)25/h2-4,7-8H,5-6,9H2,1H3,(H2,20,23). The quantitative estimate of drug-likeness (QED) is 0.538. The van der Waals surface area contributed by atoms with Gasteiger partial charge in [0.05, 0.1) is 13.7 Å². The van der Waals surface area contributed by atoms with E-state index in [-0.39, 0.29) is 5.95 Å². The van der Waals surface area contributed by atoms with Gasteiger partial charge in [0.1, 0.15) is 17.1 Å². The van der Waals surface area contributed by atoms with Gasteiger partial charge in [-0.25, -0.2) is 15.0 Å². The van der Waals surface area contributed by atoms with Gasteiger partial charge in [0, 0.05) is 22.6 Å². The molecule has 0 fully saturated rings. The molecule has 4 aromatic rings. The average Bonchev–Trinajstić information content (AvgIpc) is 3.26. The predicted octanol–water partition coefficient (Wildman–Crippen LogP) is 2.59. The van der Waals surface area contributed by atoms with E-state index in [0.29, 0.717) is 29.3 Å². The van der Waals surface area contributed by atoms with Crippen LogP contribution in [0.3, 0.4) is 0 Å². The van der Waals surface area contributed by atoms with Crippen molar-refractivity contribution < 1.29 is 4.74 Å². The first-order valence-electron chi connectivity index (χ1n) is 8.51. The molecule has 0 atom stereocenters. The number of para-hydroxylation sites is 1. The topological polar surface area (TPSA) is 94.5 Å². The Kier molecular flexibility index (Phi) is 3.64. The van der Waals surface area contributed by atoms with Crippen LogP contribution >= 0.6 is 15.9 Å². The van der Waals surface area contributed by atoms with Crippen LogP contribution in [0.1, 0.15) is 11.4 Å². The third-order valence-electron chi connectivity index (χ3n) is 4.75. The van der Waals surface area contributed by atoms with Crippen LogP contribution in [0, 0.1) is 0 Å². The van der Waals surface area contributed by atoms with Gasteiger partial charge in [-0.3, -0.25) is 0 Å². The zero-order valence-corrected chi connectivity index (χ0v) is 16.1. The number of anilines is 2. The van der Waals surface area contributed by atoms with Crippen LogP contribution in [0.2, 0.25) is 0 Å². The smallest absolute Gasteiger partial charge is 0.223 e. The summed E-state index contributed by atoms with van der Waals surface area (Å²) in [5.74, 6) is 2.60. The van der Waals surface area contributed by atoms with E-state index >= 15 is 0 Å². The Morgan fingerprint density at radius 1 is 1.30 bits per heavy atom. The van der Waals surface area contributed by atoms with Gasteiger partial charge in [0.15, 0.2) is 11.5 Å². The van der Waals surface area contributed by atoms with Crippen molar-refractivity contribution in [1.29, 1.82) is 0 Å². The van der Waals surface area contributed by atoms with Gasteiger partial charge in [-0.05, 0) is 46.1 Å². The molecular formula is C18H16BrN7O. The Morgan fingerprint density at radius 3 is 3.04 bits per heavy atom. The van der Waals surface area contributed by atoms with Crippen LogP contribution in [-0.2, 0) is 13.0 Å². The molecule has 0 saturated heterocycles. The van der Waals surface area contributed by atoms with Gasteiger partial charge in [-0.1, -0.05) is 6.07 Å². The highest BCUT2D eigenvalue weighted by atomic mass is 79.9. The molecule has 5 rings (SSSR count). The minimum atomic E-state index is 0.282. The molecule has 0 spiro atoms. The Hall–Kier alpha value is -2.94. The molecule has 0 bridgehead atoms. The molecule has 4 heterocycles. The number of nitrogens with zero attached hydrogens (tertiary/aromatic N) is 6. The number of aromatic nitrogens is 5. The fourth-order valence-corrected chi connectivity index (χ4v) is 3.91. The van der Waals surface area contributed by atoms with Crippen LogP contribution in [0.5, 0.6) is 5.75 Å². The maximum absolute atomic E-state index is 6.12. The zero-order valence-electron chi connectivity index (χ0n) is 14.6. The van der Waals surface area contributed by atoms with Gasteiger partial charge in [-0.2, -0.15) is 4.52 Å². The molecule has 3 aromatic heterocycles. The van der Waals surface area contributed by atoms with Crippen molar-refractivity contribution in [3.05, 3.63) is 46.3 Å². The zero-order chi connectivity index (χ0) is 18.5. The van der Waals surface area contributed by atoms with Crippen LogP contribution in [-0.4, -0.2) is 38.2 Å². The minimum absolute atomic E-state index is 0.282. The summed E-state index contributed by atoms with van der Waals surface area (Å²) in [5.41, 5.74) is 8.71. The van der Waals surface area contributed by atoms with Gasteiger partial charge in [0.2, 0.25) is 5.95 Å². The highest BCUT2D eigenvalue weighted by Gasteiger charge is 2.23. The third kappa shape index (κ3) is 2.57. The second-order valence-electron chi connectivity index (χ2n) is 6.40. The lowest BCUT2D eigenvalue weighted by atomic mass is 10.2. The van der Waals surface area contributed by atoms with E-state index in [1.165, 1.54) is 5.56 Å². The number of fused-ring (bicyclic) bond motifs is 4. The second kappa shape index (κ2) is 6.05. The lowest BCUT2D eigenvalue weighted by Crippen LogP contribution is -2.21. The van der Waals surface area contributed by atoms with Crippen LogP contribution in [0.15, 0.2) is 34.9 Å². The molecule has 0 aliphatic carbocycles. The molecule has 1 aromatic carbocycles. The minimum Gasteiger partial charge on any atom is -0.494 e. The summed E-state index contributed by atoms with van der Waals surface area (Å²) in [7, 11) is 1.61. The highest BCUT2D eigenvalue weighted by molar-refractivity contribution is 9.10. The fraction of sp³-hybridized carbons (Fsp3) is 0.222. The van der Waals surface area contributed by atoms with Crippen molar-refractivity contribution >= 4 is 44.2 Å². The van der Waals surface area contributed by atoms with E-state index in [1.807, 2.05) is 24.4 Å². The van der Waals surface area contributed by atoms with Crippen LogP contribution in [0.4, 0.5) is 11.8 Å². The Balaban J connectivity index is 1.58. The van der Waals surface area contributed by atoms with Crippen LogP contribution in [0.25, 0.3) is 16.6 Å². The van der Waals surface area contributed by atoms with E-state index in [9.17, 15) is 0 Å². The molecule has 8 nitrogen and oxygen atoms in total. The molecule has 136 valence electrons. The molecule has 27 heavy (non-hydrogen) atoms. The molecule has 0 unspecified atom stereocenters. The Morgan fingerprint density at radius 2 is 2.19 bits per heavy atom. The lowest BCUT2D eigenvalue weighted by molar-refractivity contribution is 0.419. The number of methoxy groups -OCH3 is 1. The van der Waals surface area contributed by atoms with E-state index in [0.717, 1.165) is 28.6 Å². The first kappa shape index (κ1) is 16.2. The monoisotopic (exact) mass is 425 g/mol. The summed E-state index contributed by atoms with van der Waals surface area (Å²) >= 11 is 3.48. The molecule has 0 saturated carbocycles. The first-order valence-corrected chi connectivity index (χ1v) is 9.30. The molecule has 1 aliphatic heterocycles. The van der Waals surface area contributed by atoms with E-state index in [4.69, 9.17) is 15.5 Å². The number of ether oxygens (including phenoxy) is 1. The van der Waals surface area contributed by atoms with Crippen molar-refractivity contribution in [2.24, 2.45) is 0 Å². The SMILES string of the molecule is COc1cccc2c1nc(N)n1nc(CN3CCc4cc(Br)cnc43)nc21. The number of nitrogen functional groups attached to an aromatic ring is 1. The molecule has 0 radical (unpaired) electrons. The van der Waals surface area contributed by atoms with Crippen molar-refractivity contribution in [2.75, 3.05) is 24.3 Å². The number of halogens is 1. The van der Waals surface area contributed by atoms with Gasteiger partial charge in [0.25, 0.3) is 0 Å². The fourth-order valence-electron chi connectivity index (χ4n) is 3.53. The Labute approximate surface area is 163 Å². The first-order chi connectivity index (χ1) is 13.1. The summed E-state index contributed by atoms with van der Waals surface area (Å²) < 4.78 is 7.98. The molecular weight excluding hydrogens is 410 g/mol. The Bertz CT molecular complexity index is 1190. The van der Waals surface area contributed by atoms with E-state index in [2.05, 4.69) is 42.0 Å². The summed E-state index contributed by atoms with van der Waals surface area (Å²) in [6, 6.07) is 7.82. The number of pyridine rings is 1. The van der Waals surface area contributed by atoms with E-state index < -0.39 is 0 Å². The number of benzene rings is 1. The number of nitrogens with two attached hydrogens (primary N) is 1. The van der Waals surface area contributed by atoms with E-state index in [1.54, 1.807) is 11.6 Å². The maximum atomic E-state index is 6.12. The van der Waals surface area contributed by atoms with Gasteiger partial charge < -0.3 is 15.4 Å². The second-order valence-corrected chi connectivity index (χ2v) is 7.31. The van der Waals surface area contributed by atoms with Crippen molar-refractivity contribution in [1.82, 2.24) is 24.6 Å². The molecule has 1 aliphatic rings. The average molecular weight is 426 g/mol.